The highest BCUT2D eigenvalue weighted by atomic mass is 35.5. The van der Waals surface area contributed by atoms with Gasteiger partial charge in [-0.05, 0) is 41.9 Å². The van der Waals surface area contributed by atoms with Crippen molar-refractivity contribution in [3.63, 3.8) is 0 Å². The molecule has 2 N–H and O–H groups in total. The van der Waals surface area contributed by atoms with Gasteiger partial charge in [-0.2, -0.15) is 0 Å². The maximum absolute atomic E-state index is 9.64. The van der Waals surface area contributed by atoms with Gasteiger partial charge in [-0.25, -0.2) is 0 Å². The Labute approximate surface area is 223 Å². The predicted octanol–water partition coefficient (Wildman–Crippen LogP) is 6.50. The second kappa shape index (κ2) is 16.2. The summed E-state index contributed by atoms with van der Waals surface area (Å²) in [6.07, 6.45) is -0.593. The Morgan fingerprint density at radius 2 is 1.19 bits per heavy atom. The van der Waals surface area contributed by atoms with Gasteiger partial charge in [-0.1, -0.05) is 98.2 Å². The highest BCUT2D eigenvalue weighted by Gasteiger charge is 2.12. The van der Waals surface area contributed by atoms with Crippen LogP contribution in [0.1, 0.15) is 43.4 Å². The molecule has 0 amide bonds. The highest BCUT2D eigenvalue weighted by Crippen LogP contribution is 2.35. The molecule has 0 fully saturated rings. The number of aliphatic carboxylic acids is 2. The monoisotopic (exact) mass is 523 g/mol. The normalized spacial score (nSPS) is 11.2. The minimum atomic E-state index is -1.08. The second-order valence-electron chi connectivity index (χ2n) is 8.11. The molecule has 0 aromatic heterocycles. The Balaban J connectivity index is 0.000000521. The van der Waals surface area contributed by atoms with E-state index in [1.807, 2.05) is 60.7 Å². The molecule has 0 radical (unpaired) electrons. The van der Waals surface area contributed by atoms with Crippen molar-refractivity contribution in [2.75, 3.05) is 26.2 Å². The van der Waals surface area contributed by atoms with Crippen molar-refractivity contribution in [2.45, 2.75) is 26.7 Å². The van der Waals surface area contributed by atoms with Gasteiger partial charge in [0.2, 0.25) is 0 Å². The van der Waals surface area contributed by atoms with E-state index < -0.39 is 11.9 Å². The standard InChI is InChI=1S/C26H28ClNO.C4H6O4/c1-3-28(4-2)19-20-29-24-17-15-22(16-18-24)25(21-11-7-5-8-12-21)26(27)23-13-9-6-10-14-23;5-3(6)1-2-4(7)8/h5-18H,3-4,19-20H2,1-2H3;1-2H2,(H,5,6)(H,7,8)/b26-25-;. The topological polar surface area (TPSA) is 87.1 Å². The van der Waals surface area contributed by atoms with Gasteiger partial charge in [0.05, 0.1) is 17.9 Å². The number of hydrogen-bond donors (Lipinski definition) is 2. The molecule has 0 aliphatic heterocycles. The summed E-state index contributed by atoms with van der Waals surface area (Å²) in [7, 11) is 0. The third-order valence-electron chi connectivity index (χ3n) is 5.58. The molecule has 0 bridgehead atoms. The highest BCUT2D eigenvalue weighted by molar-refractivity contribution is 6.53. The molecule has 3 aromatic rings. The van der Waals surface area contributed by atoms with Crippen LogP contribution < -0.4 is 4.74 Å². The average Bonchev–Trinajstić information content (AvgIpc) is 2.92. The van der Waals surface area contributed by atoms with Gasteiger partial charge in [0.15, 0.2) is 0 Å². The third kappa shape index (κ3) is 10.5. The lowest BCUT2D eigenvalue weighted by molar-refractivity contribution is -0.143. The number of nitrogens with zero attached hydrogens (tertiary/aromatic N) is 1. The minimum absolute atomic E-state index is 0.296. The number of halogens is 1. The van der Waals surface area contributed by atoms with Gasteiger partial charge in [-0.3, -0.25) is 9.59 Å². The Bertz CT molecular complexity index is 1110. The zero-order valence-corrected chi connectivity index (χ0v) is 22.0. The number of carbonyl (C=O) groups is 2. The summed E-state index contributed by atoms with van der Waals surface area (Å²) in [6.45, 7) is 8.05. The van der Waals surface area contributed by atoms with E-state index in [2.05, 4.69) is 43.0 Å². The molecule has 6 nitrogen and oxygen atoms in total. The Hall–Kier alpha value is -3.61. The molecular weight excluding hydrogens is 490 g/mol. The number of carboxylic acid groups (broad SMARTS) is 2. The number of ether oxygens (including phenoxy) is 1. The molecule has 0 spiro atoms. The molecule has 0 heterocycles. The van der Waals surface area contributed by atoms with Gasteiger partial charge < -0.3 is 19.8 Å². The van der Waals surface area contributed by atoms with Crippen molar-refractivity contribution in [3.8, 4) is 5.75 Å². The van der Waals surface area contributed by atoms with Crippen molar-refractivity contribution < 1.29 is 24.5 Å². The van der Waals surface area contributed by atoms with Crippen LogP contribution in [0.2, 0.25) is 0 Å². The molecule has 0 saturated carbocycles. The first kappa shape index (κ1) is 29.6. The van der Waals surface area contributed by atoms with Crippen LogP contribution in [0.5, 0.6) is 5.75 Å². The summed E-state index contributed by atoms with van der Waals surface area (Å²) in [6, 6.07) is 28.6. The summed E-state index contributed by atoms with van der Waals surface area (Å²) in [4.78, 5) is 21.6. The fourth-order valence-corrected chi connectivity index (χ4v) is 3.86. The van der Waals surface area contributed by atoms with E-state index in [4.69, 9.17) is 26.6 Å². The van der Waals surface area contributed by atoms with Crippen LogP contribution in [0.4, 0.5) is 0 Å². The summed E-state index contributed by atoms with van der Waals surface area (Å²) in [5.41, 5.74) is 4.19. The Kier molecular flexibility index (Phi) is 13.0. The van der Waals surface area contributed by atoms with Crippen molar-refractivity contribution in [3.05, 3.63) is 102 Å². The SMILES string of the molecule is CCN(CC)CCOc1ccc(/C(=C(\Cl)c2ccccc2)c2ccccc2)cc1.O=C(O)CCC(=O)O. The lowest BCUT2D eigenvalue weighted by atomic mass is 9.95. The van der Waals surface area contributed by atoms with Gasteiger partial charge in [0, 0.05) is 12.1 Å². The first-order valence-electron chi connectivity index (χ1n) is 12.2. The van der Waals surface area contributed by atoms with E-state index in [1.165, 1.54) is 0 Å². The minimum Gasteiger partial charge on any atom is -0.492 e. The molecular formula is C30H34ClNO5. The fourth-order valence-electron chi connectivity index (χ4n) is 3.52. The molecule has 37 heavy (non-hydrogen) atoms. The Morgan fingerprint density at radius 3 is 1.65 bits per heavy atom. The first-order valence-corrected chi connectivity index (χ1v) is 12.6. The van der Waals surface area contributed by atoms with E-state index in [9.17, 15) is 9.59 Å². The number of rotatable bonds is 12. The fraction of sp³-hybridized carbons (Fsp3) is 0.267. The van der Waals surface area contributed by atoms with Crippen LogP contribution in [0.25, 0.3) is 10.6 Å². The van der Waals surface area contributed by atoms with Gasteiger partial charge in [0.1, 0.15) is 12.4 Å². The smallest absolute Gasteiger partial charge is 0.303 e. The molecule has 0 aliphatic carbocycles. The summed E-state index contributed by atoms with van der Waals surface area (Å²) >= 11 is 6.87. The number of hydrogen-bond acceptors (Lipinski definition) is 4. The third-order valence-corrected chi connectivity index (χ3v) is 5.98. The number of likely N-dealkylation sites (N-methyl/N-ethyl adjacent to an activating group) is 1. The lowest BCUT2D eigenvalue weighted by Gasteiger charge is -2.18. The number of benzene rings is 3. The van der Waals surface area contributed by atoms with Crippen molar-refractivity contribution in [1.82, 2.24) is 4.90 Å². The average molecular weight is 524 g/mol. The predicted molar refractivity (Wildman–Crippen MR) is 149 cm³/mol. The van der Waals surface area contributed by atoms with Crippen LogP contribution >= 0.6 is 11.6 Å². The maximum Gasteiger partial charge on any atom is 0.303 e. The molecule has 0 atom stereocenters. The zero-order valence-electron chi connectivity index (χ0n) is 21.3. The molecule has 0 aliphatic rings. The van der Waals surface area contributed by atoms with E-state index in [0.29, 0.717) is 6.61 Å². The molecule has 0 saturated heterocycles. The van der Waals surface area contributed by atoms with Gasteiger partial charge in [0.25, 0.3) is 0 Å². The summed E-state index contributed by atoms with van der Waals surface area (Å²) in [5, 5.41) is 16.5. The molecule has 7 heteroatoms. The summed E-state index contributed by atoms with van der Waals surface area (Å²) in [5.74, 6) is -1.27. The quantitative estimate of drug-likeness (QED) is 0.263. The second-order valence-corrected chi connectivity index (χ2v) is 8.49. The molecule has 0 unspecified atom stereocenters. The van der Waals surface area contributed by atoms with Crippen LogP contribution in [-0.4, -0.2) is 53.3 Å². The maximum atomic E-state index is 9.64. The summed E-state index contributed by atoms with van der Waals surface area (Å²) < 4.78 is 5.94. The van der Waals surface area contributed by atoms with E-state index in [-0.39, 0.29) is 12.8 Å². The van der Waals surface area contributed by atoms with Crippen molar-refractivity contribution in [1.29, 1.82) is 0 Å². The zero-order chi connectivity index (χ0) is 27.0. The number of carboxylic acids is 2. The van der Waals surface area contributed by atoms with Gasteiger partial charge >= 0.3 is 11.9 Å². The van der Waals surface area contributed by atoms with Crippen LogP contribution in [-0.2, 0) is 9.59 Å². The molecule has 3 aromatic carbocycles. The molecule has 196 valence electrons. The van der Waals surface area contributed by atoms with E-state index >= 15 is 0 Å². The Morgan fingerprint density at radius 1 is 0.730 bits per heavy atom. The van der Waals surface area contributed by atoms with Crippen molar-refractivity contribution in [2.24, 2.45) is 0 Å². The van der Waals surface area contributed by atoms with Crippen molar-refractivity contribution >= 4 is 34.1 Å². The largest absolute Gasteiger partial charge is 0.492 e. The molecule has 3 rings (SSSR count). The first-order chi connectivity index (χ1) is 17.8. The van der Waals surface area contributed by atoms with E-state index in [0.717, 1.165) is 52.7 Å². The lowest BCUT2D eigenvalue weighted by Crippen LogP contribution is -2.27. The van der Waals surface area contributed by atoms with Crippen LogP contribution in [0, 0.1) is 0 Å². The van der Waals surface area contributed by atoms with Crippen LogP contribution in [0.15, 0.2) is 84.9 Å². The van der Waals surface area contributed by atoms with E-state index in [1.54, 1.807) is 0 Å². The van der Waals surface area contributed by atoms with Gasteiger partial charge in [-0.15, -0.1) is 0 Å². The van der Waals surface area contributed by atoms with Crippen LogP contribution in [0.3, 0.4) is 0 Å².